The highest BCUT2D eigenvalue weighted by Gasteiger charge is 2.16. The molecule has 0 saturated heterocycles. The van der Waals surface area contributed by atoms with Crippen molar-refractivity contribution in [3.05, 3.63) is 17.5 Å². The molecule has 0 radical (unpaired) electrons. The third-order valence-corrected chi connectivity index (χ3v) is 3.56. The van der Waals surface area contributed by atoms with Gasteiger partial charge in [0.2, 0.25) is 0 Å². The summed E-state index contributed by atoms with van der Waals surface area (Å²) in [6, 6.07) is 1.94. The average Bonchev–Trinajstić information content (AvgIpc) is 2.42. The number of nitrogens with one attached hydrogen (secondary N) is 1. The van der Waals surface area contributed by atoms with Gasteiger partial charge in [-0.25, -0.2) is 8.42 Å². The lowest BCUT2D eigenvalue weighted by atomic mass is 10.1. The van der Waals surface area contributed by atoms with Crippen molar-refractivity contribution < 1.29 is 8.42 Å². The van der Waals surface area contributed by atoms with Crippen LogP contribution in [0.2, 0.25) is 0 Å². The van der Waals surface area contributed by atoms with Crippen LogP contribution in [0.4, 0.5) is 0 Å². The number of rotatable bonds is 6. The van der Waals surface area contributed by atoms with Gasteiger partial charge in [-0.05, 0) is 19.5 Å². The molecule has 0 amide bonds. The Morgan fingerprint density at radius 1 is 1.53 bits per heavy atom. The Balaban J connectivity index is 2.76. The number of aromatic nitrogens is 2. The highest BCUT2D eigenvalue weighted by Crippen LogP contribution is 2.06. The highest BCUT2D eigenvalue weighted by molar-refractivity contribution is 7.90. The molecule has 1 rings (SSSR count). The number of aryl methyl sites for hydroxylation is 2. The monoisotopic (exact) mass is 259 g/mol. The second kappa shape index (κ2) is 5.64. The zero-order chi connectivity index (χ0) is 13.1. The maximum absolute atomic E-state index is 11.3. The van der Waals surface area contributed by atoms with Crippen LogP contribution in [-0.2, 0) is 23.3 Å². The third kappa shape index (κ3) is 4.87. The summed E-state index contributed by atoms with van der Waals surface area (Å²) < 4.78 is 24.5. The summed E-state index contributed by atoms with van der Waals surface area (Å²) in [5.41, 5.74) is 2.01. The molecule has 0 fully saturated rings. The van der Waals surface area contributed by atoms with Gasteiger partial charge in [0, 0.05) is 31.5 Å². The van der Waals surface area contributed by atoms with Crippen molar-refractivity contribution in [3.63, 3.8) is 0 Å². The minimum atomic E-state index is -2.96. The standard InChI is InChI=1S/C11H21N3O2S/c1-5-12-10(8-17(4,15)16)7-11-6-9(2)13-14(11)3/h6,10,12H,5,7-8H2,1-4H3. The molecular formula is C11H21N3O2S. The van der Waals surface area contributed by atoms with Crippen molar-refractivity contribution >= 4 is 9.84 Å². The van der Waals surface area contributed by atoms with Crippen molar-refractivity contribution in [1.29, 1.82) is 0 Å². The first kappa shape index (κ1) is 14.2. The fourth-order valence-corrected chi connectivity index (χ4v) is 2.92. The zero-order valence-corrected chi connectivity index (χ0v) is 11.7. The predicted molar refractivity (Wildman–Crippen MR) is 68.8 cm³/mol. The summed E-state index contributed by atoms with van der Waals surface area (Å²) in [5, 5.41) is 7.46. The lowest BCUT2D eigenvalue weighted by Gasteiger charge is -2.16. The largest absolute Gasteiger partial charge is 0.313 e. The van der Waals surface area contributed by atoms with Crippen LogP contribution in [-0.4, -0.2) is 42.8 Å². The van der Waals surface area contributed by atoms with E-state index in [0.717, 1.165) is 17.9 Å². The van der Waals surface area contributed by atoms with E-state index in [1.807, 2.05) is 31.6 Å². The molecule has 0 spiro atoms. The third-order valence-electron chi connectivity index (χ3n) is 2.55. The molecule has 0 aliphatic heterocycles. The molecule has 1 N–H and O–H groups in total. The highest BCUT2D eigenvalue weighted by atomic mass is 32.2. The Kier molecular flexibility index (Phi) is 4.70. The first-order valence-electron chi connectivity index (χ1n) is 5.72. The van der Waals surface area contributed by atoms with Gasteiger partial charge in [-0.2, -0.15) is 5.10 Å². The normalized spacial score (nSPS) is 13.9. The summed E-state index contributed by atoms with van der Waals surface area (Å²) in [6.07, 6.45) is 1.95. The van der Waals surface area contributed by atoms with Crippen molar-refractivity contribution in [2.24, 2.45) is 7.05 Å². The van der Waals surface area contributed by atoms with E-state index in [4.69, 9.17) is 0 Å². The van der Waals surface area contributed by atoms with Crippen LogP contribution in [0.15, 0.2) is 6.07 Å². The number of hydrogen-bond donors (Lipinski definition) is 1. The SMILES string of the molecule is CCNC(Cc1cc(C)nn1C)CS(C)(=O)=O. The Bertz CT molecular complexity index is 465. The number of likely N-dealkylation sites (N-methyl/N-ethyl adjacent to an activating group) is 1. The van der Waals surface area contributed by atoms with E-state index < -0.39 is 9.84 Å². The summed E-state index contributed by atoms with van der Waals surface area (Å²) in [5.74, 6) is 0.158. The minimum Gasteiger partial charge on any atom is -0.313 e. The number of nitrogens with zero attached hydrogens (tertiary/aromatic N) is 2. The summed E-state index contributed by atoms with van der Waals surface area (Å²) in [4.78, 5) is 0. The van der Waals surface area contributed by atoms with Crippen LogP contribution < -0.4 is 5.32 Å². The molecule has 5 nitrogen and oxygen atoms in total. The molecule has 17 heavy (non-hydrogen) atoms. The van der Waals surface area contributed by atoms with Gasteiger partial charge in [-0.3, -0.25) is 4.68 Å². The summed E-state index contributed by atoms with van der Waals surface area (Å²) >= 11 is 0. The first-order chi connectivity index (χ1) is 7.81. The lowest BCUT2D eigenvalue weighted by molar-refractivity contribution is 0.530. The molecular weight excluding hydrogens is 238 g/mol. The second-order valence-electron chi connectivity index (χ2n) is 4.45. The van der Waals surface area contributed by atoms with Crippen molar-refractivity contribution in [2.75, 3.05) is 18.6 Å². The van der Waals surface area contributed by atoms with Gasteiger partial charge in [0.05, 0.1) is 11.4 Å². The maximum Gasteiger partial charge on any atom is 0.148 e. The topological polar surface area (TPSA) is 64.0 Å². The van der Waals surface area contributed by atoms with Crippen LogP contribution in [0.25, 0.3) is 0 Å². The molecule has 1 heterocycles. The molecule has 1 aromatic rings. The lowest BCUT2D eigenvalue weighted by Crippen LogP contribution is -2.37. The zero-order valence-electron chi connectivity index (χ0n) is 10.9. The van der Waals surface area contributed by atoms with E-state index in [2.05, 4.69) is 10.4 Å². The fraction of sp³-hybridized carbons (Fsp3) is 0.727. The quantitative estimate of drug-likeness (QED) is 0.798. The predicted octanol–water partition coefficient (Wildman–Crippen LogP) is 0.294. The van der Waals surface area contributed by atoms with Gasteiger partial charge in [0.1, 0.15) is 9.84 Å². The Morgan fingerprint density at radius 3 is 2.59 bits per heavy atom. The van der Waals surface area contributed by atoms with Crippen molar-refractivity contribution in [3.8, 4) is 0 Å². The van der Waals surface area contributed by atoms with Crippen LogP contribution in [0.1, 0.15) is 18.3 Å². The van der Waals surface area contributed by atoms with Gasteiger partial charge < -0.3 is 5.32 Å². The van der Waals surface area contributed by atoms with E-state index in [1.165, 1.54) is 6.26 Å². The van der Waals surface area contributed by atoms with Crippen LogP contribution >= 0.6 is 0 Å². The van der Waals surface area contributed by atoms with E-state index in [-0.39, 0.29) is 11.8 Å². The molecule has 0 saturated carbocycles. The molecule has 0 aromatic carbocycles. The Hall–Kier alpha value is -0.880. The van der Waals surface area contributed by atoms with Crippen molar-refractivity contribution in [1.82, 2.24) is 15.1 Å². The molecule has 1 aromatic heterocycles. The van der Waals surface area contributed by atoms with Crippen molar-refractivity contribution in [2.45, 2.75) is 26.3 Å². The summed E-state index contributed by atoms with van der Waals surface area (Å²) in [6.45, 7) is 4.67. The first-order valence-corrected chi connectivity index (χ1v) is 7.78. The molecule has 1 unspecified atom stereocenters. The van der Waals surface area contributed by atoms with Crippen LogP contribution in [0.5, 0.6) is 0 Å². The minimum absolute atomic E-state index is 0.0511. The Morgan fingerprint density at radius 2 is 2.18 bits per heavy atom. The number of hydrogen-bond acceptors (Lipinski definition) is 4. The van der Waals surface area contributed by atoms with Crippen LogP contribution in [0, 0.1) is 6.92 Å². The van der Waals surface area contributed by atoms with E-state index in [1.54, 1.807) is 0 Å². The second-order valence-corrected chi connectivity index (χ2v) is 6.64. The van der Waals surface area contributed by atoms with Gasteiger partial charge in [0.15, 0.2) is 0 Å². The van der Waals surface area contributed by atoms with E-state index in [9.17, 15) is 8.42 Å². The van der Waals surface area contributed by atoms with Gasteiger partial charge in [0.25, 0.3) is 0 Å². The van der Waals surface area contributed by atoms with Gasteiger partial charge >= 0.3 is 0 Å². The molecule has 0 aliphatic carbocycles. The molecule has 98 valence electrons. The van der Waals surface area contributed by atoms with Gasteiger partial charge in [-0.1, -0.05) is 6.92 Å². The molecule has 0 aliphatic rings. The molecule has 1 atom stereocenters. The number of sulfone groups is 1. The smallest absolute Gasteiger partial charge is 0.148 e. The Labute approximate surface area is 103 Å². The average molecular weight is 259 g/mol. The summed E-state index contributed by atoms with van der Waals surface area (Å²) in [7, 11) is -1.08. The van der Waals surface area contributed by atoms with Gasteiger partial charge in [-0.15, -0.1) is 0 Å². The van der Waals surface area contributed by atoms with E-state index in [0.29, 0.717) is 6.42 Å². The molecule has 6 heteroatoms. The molecule has 0 bridgehead atoms. The fourth-order valence-electron chi connectivity index (χ4n) is 1.95. The van der Waals surface area contributed by atoms with Crippen LogP contribution in [0.3, 0.4) is 0 Å². The van der Waals surface area contributed by atoms with E-state index >= 15 is 0 Å². The maximum atomic E-state index is 11.3.